The second-order valence-electron chi connectivity index (χ2n) is 6.11. The number of rotatable bonds is 1. The summed E-state index contributed by atoms with van der Waals surface area (Å²) in [5.74, 6) is 0. The van der Waals surface area contributed by atoms with Crippen molar-refractivity contribution in [2.45, 2.75) is 24.9 Å². The molecule has 0 fully saturated rings. The summed E-state index contributed by atoms with van der Waals surface area (Å²) in [6, 6.07) is 21.9. The Hall–Kier alpha value is -2.57. The quantitative estimate of drug-likeness (QED) is 0.872. The first kappa shape index (κ1) is 14.0. The van der Waals surface area contributed by atoms with Crippen LogP contribution in [0.4, 0.5) is 5.69 Å². The Balaban J connectivity index is 1.86. The Labute approximate surface area is 136 Å². The van der Waals surface area contributed by atoms with E-state index in [1.165, 1.54) is 11.1 Å². The van der Waals surface area contributed by atoms with Crippen molar-refractivity contribution in [2.75, 3.05) is 11.4 Å². The third-order valence-corrected chi connectivity index (χ3v) is 4.77. The minimum Gasteiger partial charge on any atom is -0.328 e. The number of fused-ring (bicyclic) bond motifs is 3. The van der Waals surface area contributed by atoms with E-state index in [9.17, 15) is 5.26 Å². The molecule has 1 N–H and O–H groups in total. The molecular formula is C20H19N3. The average Bonchev–Trinajstić information content (AvgIpc) is 2.79. The minimum absolute atomic E-state index is 0.165. The molecule has 114 valence electrons. The molecule has 3 heteroatoms. The first-order valence-electron chi connectivity index (χ1n) is 8.15. The maximum absolute atomic E-state index is 9.55. The molecule has 0 aliphatic carbocycles. The molecule has 0 amide bonds. The van der Waals surface area contributed by atoms with Crippen LogP contribution in [-0.4, -0.2) is 12.6 Å². The molecule has 0 saturated carbocycles. The second-order valence-corrected chi connectivity index (χ2v) is 6.11. The lowest BCUT2D eigenvalue weighted by molar-refractivity contribution is 0.510. The van der Waals surface area contributed by atoms with Gasteiger partial charge in [-0.3, -0.25) is 0 Å². The van der Waals surface area contributed by atoms with Gasteiger partial charge in [0.05, 0.1) is 6.04 Å². The van der Waals surface area contributed by atoms with E-state index in [0.717, 1.165) is 30.8 Å². The van der Waals surface area contributed by atoms with Crippen molar-refractivity contribution >= 4 is 5.69 Å². The molecule has 0 bridgehead atoms. The lowest BCUT2D eigenvalue weighted by Gasteiger charge is -2.34. The molecule has 0 saturated heterocycles. The summed E-state index contributed by atoms with van der Waals surface area (Å²) in [6.07, 6.45) is 4.12. The highest BCUT2D eigenvalue weighted by Gasteiger charge is 2.32. The van der Waals surface area contributed by atoms with E-state index >= 15 is 0 Å². The summed E-state index contributed by atoms with van der Waals surface area (Å²) in [7, 11) is 0. The summed E-state index contributed by atoms with van der Waals surface area (Å²) in [6.45, 7) is 0.882. The van der Waals surface area contributed by atoms with Crippen LogP contribution in [0, 0.1) is 11.3 Å². The van der Waals surface area contributed by atoms with Crippen LogP contribution in [0.5, 0.6) is 0 Å². The van der Waals surface area contributed by atoms with E-state index in [1.54, 1.807) is 0 Å². The molecule has 0 unspecified atom stereocenters. The molecule has 2 heterocycles. The maximum atomic E-state index is 9.55. The van der Waals surface area contributed by atoms with Crippen LogP contribution < -0.4 is 10.2 Å². The number of para-hydroxylation sites is 1. The Morgan fingerprint density at radius 2 is 1.83 bits per heavy atom. The third-order valence-electron chi connectivity index (χ3n) is 4.77. The minimum atomic E-state index is 0.165. The number of hydrogen-bond acceptors (Lipinski definition) is 3. The summed E-state index contributed by atoms with van der Waals surface area (Å²) in [4.78, 5) is 2.23. The van der Waals surface area contributed by atoms with Crippen molar-refractivity contribution in [3.8, 4) is 6.07 Å². The van der Waals surface area contributed by atoms with Crippen LogP contribution in [0.3, 0.4) is 0 Å². The zero-order valence-electron chi connectivity index (χ0n) is 12.9. The zero-order valence-corrected chi connectivity index (χ0v) is 12.9. The summed E-state index contributed by atoms with van der Waals surface area (Å²) in [5, 5.41) is 13.3. The Morgan fingerprint density at radius 3 is 2.65 bits per heavy atom. The van der Waals surface area contributed by atoms with Crippen molar-refractivity contribution in [2.24, 2.45) is 0 Å². The van der Waals surface area contributed by atoms with Gasteiger partial charge < -0.3 is 10.2 Å². The standard InChI is InChI=1S/C20H19N3/c21-13-16-9-6-10-17-14-22-20(15-7-2-1-3-8-15)18-11-4-5-12-19(18)23(16)17/h1-5,7-9,11-12,17,20,22H,6,10,14H2/t17-,20-/m1/s1. The fourth-order valence-corrected chi connectivity index (χ4v) is 3.71. The fourth-order valence-electron chi connectivity index (χ4n) is 3.71. The van der Waals surface area contributed by atoms with Crippen LogP contribution in [0.15, 0.2) is 66.4 Å². The SMILES string of the molecule is N#CC1=CCC[C@@H]2CN[C@H](c3ccccc3)c3ccccc3N12. The number of nitrogens with one attached hydrogen (secondary N) is 1. The zero-order chi connectivity index (χ0) is 15.6. The molecule has 2 aromatic carbocycles. The smallest absolute Gasteiger partial charge is 0.117 e. The molecule has 2 atom stereocenters. The summed E-state index contributed by atoms with van der Waals surface area (Å²) >= 11 is 0. The monoisotopic (exact) mass is 301 g/mol. The van der Waals surface area contributed by atoms with Gasteiger partial charge in [-0.15, -0.1) is 0 Å². The maximum Gasteiger partial charge on any atom is 0.117 e. The van der Waals surface area contributed by atoms with Gasteiger partial charge in [0.1, 0.15) is 11.8 Å². The summed E-state index contributed by atoms with van der Waals surface area (Å²) < 4.78 is 0. The van der Waals surface area contributed by atoms with Crippen LogP contribution >= 0.6 is 0 Å². The number of allylic oxidation sites excluding steroid dienone is 2. The molecule has 2 aliphatic heterocycles. The van der Waals surface area contributed by atoms with Gasteiger partial charge in [0.25, 0.3) is 0 Å². The molecule has 23 heavy (non-hydrogen) atoms. The van der Waals surface area contributed by atoms with Crippen molar-refractivity contribution in [1.29, 1.82) is 5.26 Å². The number of hydrogen-bond donors (Lipinski definition) is 1. The highest BCUT2D eigenvalue weighted by atomic mass is 15.2. The van der Waals surface area contributed by atoms with Crippen molar-refractivity contribution in [3.05, 3.63) is 77.5 Å². The van der Waals surface area contributed by atoms with Crippen LogP contribution in [0.2, 0.25) is 0 Å². The fraction of sp³-hybridized carbons (Fsp3) is 0.250. The van der Waals surface area contributed by atoms with E-state index in [1.807, 2.05) is 6.07 Å². The lowest BCUT2D eigenvalue weighted by Crippen LogP contribution is -2.41. The van der Waals surface area contributed by atoms with E-state index in [4.69, 9.17) is 0 Å². The predicted molar refractivity (Wildman–Crippen MR) is 91.9 cm³/mol. The number of nitriles is 1. The second kappa shape index (κ2) is 5.91. The number of anilines is 1. The molecule has 2 aromatic rings. The summed E-state index contributed by atoms with van der Waals surface area (Å²) in [5.41, 5.74) is 4.44. The first-order valence-corrected chi connectivity index (χ1v) is 8.15. The Bertz CT molecular complexity index is 773. The van der Waals surface area contributed by atoms with Crippen LogP contribution in [0.25, 0.3) is 0 Å². The van der Waals surface area contributed by atoms with E-state index < -0.39 is 0 Å². The lowest BCUT2D eigenvalue weighted by atomic mass is 9.96. The van der Waals surface area contributed by atoms with E-state index in [2.05, 4.69) is 70.9 Å². The van der Waals surface area contributed by atoms with Gasteiger partial charge >= 0.3 is 0 Å². The van der Waals surface area contributed by atoms with Crippen molar-refractivity contribution in [3.63, 3.8) is 0 Å². The number of benzene rings is 2. The van der Waals surface area contributed by atoms with Crippen LogP contribution in [0.1, 0.15) is 30.0 Å². The molecule has 0 aromatic heterocycles. The van der Waals surface area contributed by atoms with Gasteiger partial charge in [0.2, 0.25) is 0 Å². The molecule has 0 spiro atoms. The average molecular weight is 301 g/mol. The normalized spacial score (nSPS) is 23.1. The number of nitrogens with zero attached hydrogens (tertiary/aromatic N) is 2. The highest BCUT2D eigenvalue weighted by Crippen LogP contribution is 2.38. The molecule has 3 nitrogen and oxygen atoms in total. The van der Waals surface area contributed by atoms with Gasteiger partial charge in [-0.05, 0) is 36.1 Å². The largest absolute Gasteiger partial charge is 0.328 e. The van der Waals surface area contributed by atoms with E-state index in [0.29, 0.717) is 6.04 Å². The first-order chi connectivity index (χ1) is 11.4. The predicted octanol–water partition coefficient (Wildman–Crippen LogP) is 3.76. The Morgan fingerprint density at radius 1 is 1.04 bits per heavy atom. The molecular weight excluding hydrogens is 282 g/mol. The third kappa shape index (κ3) is 2.42. The van der Waals surface area contributed by atoms with Gasteiger partial charge in [-0.2, -0.15) is 5.26 Å². The van der Waals surface area contributed by atoms with Crippen molar-refractivity contribution in [1.82, 2.24) is 5.32 Å². The van der Waals surface area contributed by atoms with Gasteiger partial charge in [-0.1, -0.05) is 48.5 Å². The van der Waals surface area contributed by atoms with Gasteiger partial charge in [-0.25, -0.2) is 0 Å². The topological polar surface area (TPSA) is 39.1 Å². The van der Waals surface area contributed by atoms with Crippen molar-refractivity contribution < 1.29 is 0 Å². The van der Waals surface area contributed by atoms with Crippen LogP contribution in [-0.2, 0) is 0 Å². The molecule has 2 aliphatic rings. The Kier molecular flexibility index (Phi) is 3.61. The van der Waals surface area contributed by atoms with E-state index in [-0.39, 0.29) is 6.04 Å². The molecule has 0 radical (unpaired) electrons. The van der Waals surface area contributed by atoms with Gasteiger partial charge in [0, 0.05) is 18.3 Å². The molecule has 4 rings (SSSR count). The highest BCUT2D eigenvalue weighted by molar-refractivity contribution is 5.65. The van der Waals surface area contributed by atoms with Gasteiger partial charge in [0.15, 0.2) is 0 Å².